The van der Waals surface area contributed by atoms with E-state index in [2.05, 4.69) is 10.2 Å². The number of aryl methyl sites for hydroxylation is 1. The Labute approximate surface area is 117 Å². The Kier molecular flexibility index (Phi) is 3.70. The number of benzene rings is 1. The van der Waals surface area contributed by atoms with Crippen molar-refractivity contribution in [2.45, 2.75) is 17.0 Å². The summed E-state index contributed by atoms with van der Waals surface area (Å²) in [5.74, 6) is -0.531. The Morgan fingerprint density at radius 2 is 2.15 bits per heavy atom. The molecule has 20 heavy (non-hydrogen) atoms. The van der Waals surface area contributed by atoms with Gasteiger partial charge in [-0.2, -0.15) is 0 Å². The number of carbonyl (C=O) groups is 1. The second kappa shape index (κ2) is 5.29. The van der Waals surface area contributed by atoms with Crippen molar-refractivity contribution in [3.05, 3.63) is 39.7 Å². The molecule has 0 aliphatic rings. The summed E-state index contributed by atoms with van der Waals surface area (Å²) in [4.78, 5) is 21.6. The fraction of sp³-hybridized carbons (Fsp3) is 0.182. The zero-order chi connectivity index (χ0) is 14.9. The summed E-state index contributed by atoms with van der Waals surface area (Å²) in [7, 11) is 1.75. The third-order valence-corrected chi connectivity index (χ3v) is 3.76. The molecule has 0 saturated carbocycles. The lowest BCUT2D eigenvalue weighted by atomic mass is 10.2. The first-order chi connectivity index (χ1) is 9.40. The van der Waals surface area contributed by atoms with Gasteiger partial charge in [0.25, 0.3) is 5.69 Å². The topological polar surface area (TPSA) is 111 Å². The van der Waals surface area contributed by atoms with E-state index in [1.54, 1.807) is 18.5 Å². The monoisotopic (exact) mass is 294 g/mol. The zero-order valence-corrected chi connectivity index (χ0v) is 11.4. The number of nitro groups is 1. The molecule has 104 valence electrons. The van der Waals surface area contributed by atoms with Crippen molar-refractivity contribution in [1.82, 2.24) is 14.8 Å². The molecule has 0 aliphatic heterocycles. The van der Waals surface area contributed by atoms with E-state index >= 15 is 0 Å². The van der Waals surface area contributed by atoms with Crippen LogP contribution in [-0.2, 0) is 7.05 Å². The van der Waals surface area contributed by atoms with Crippen molar-refractivity contribution in [2.75, 3.05) is 0 Å². The van der Waals surface area contributed by atoms with E-state index in [1.807, 2.05) is 0 Å². The highest BCUT2D eigenvalue weighted by Gasteiger charge is 2.20. The highest BCUT2D eigenvalue weighted by atomic mass is 32.2. The number of hydrogen-bond acceptors (Lipinski definition) is 6. The number of carboxylic acid groups (broad SMARTS) is 1. The second-order valence-electron chi connectivity index (χ2n) is 3.94. The zero-order valence-electron chi connectivity index (χ0n) is 10.6. The number of rotatable bonds is 4. The van der Waals surface area contributed by atoms with Crippen LogP contribution in [0.3, 0.4) is 0 Å². The van der Waals surface area contributed by atoms with E-state index in [9.17, 15) is 14.9 Å². The minimum absolute atomic E-state index is 0.129. The number of carboxylic acids is 1. The Hall–Kier alpha value is -2.42. The average molecular weight is 294 g/mol. The molecule has 1 heterocycles. The first-order valence-corrected chi connectivity index (χ1v) is 6.27. The fourth-order valence-corrected chi connectivity index (χ4v) is 2.38. The number of nitrogens with zero attached hydrogens (tertiary/aromatic N) is 4. The molecular weight excluding hydrogens is 284 g/mol. The first-order valence-electron chi connectivity index (χ1n) is 5.45. The average Bonchev–Trinajstić information content (AvgIpc) is 2.70. The molecule has 9 heteroatoms. The molecule has 0 unspecified atom stereocenters. The summed E-state index contributed by atoms with van der Waals surface area (Å²) in [6, 6.07) is 3.76. The van der Waals surface area contributed by atoms with Crippen molar-refractivity contribution >= 4 is 23.4 Å². The molecule has 0 saturated heterocycles. The first kappa shape index (κ1) is 14.0. The van der Waals surface area contributed by atoms with Crippen molar-refractivity contribution in [3.63, 3.8) is 0 Å². The number of aromatic carboxylic acids is 1. The van der Waals surface area contributed by atoms with Gasteiger partial charge in [-0.3, -0.25) is 10.1 Å². The summed E-state index contributed by atoms with van der Waals surface area (Å²) in [5.41, 5.74) is -0.397. The van der Waals surface area contributed by atoms with Crippen LogP contribution in [0, 0.1) is 17.0 Å². The van der Waals surface area contributed by atoms with Crippen LogP contribution >= 0.6 is 11.8 Å². The minimum atomic E-state index is -1.21. The van der Waals surface area contributed by atoms with Crippen LogP contribution in [0.15, 0.2) is 28.3 Å². The van der Waals surface area contributed by atoms with Crippen molar-refractivity contribution in [1.29, 1.82) is 0 Å². The van der Waals surface area contributed by atoms with E-state index in [4.69, 9.17) is 5.11 Å². The Balaban J connectivity index is 2.43. The summed E-state index contributed by atoms with van der Waals surface area (Å²) in [6.07, 6.45) is 0. The smallest absolute Gasteiger partial charge is 0.335 e. The summed E-state index contributed by atoms with van der Waals surface area (Å²) in [6.45, 7) is 1.76. The number of hydrogen-bond donors (Lipinski definition) is 1. The Morgan fingerprint density at radius 1 is 1.45 bits per heavy atom. The SMILES string of the molecule is Cc1nnc(Sc2ccc(C(=O)O)cc2[N+](=O)[O-])n1C. The van der Waals surface area contributed by atoms with Gasteiger partial charge in [-0.15, -0.1) is 10.2 Å². The van der Waals surface area contributed by atoms with Gasteiger partial charge in [-0.05, 0) is 30.8 Å². The molecule has 0 spiro atoms. The minimum Gasteiger partial charge on any atom is -0.478 e. The van der Waals surface area contributed by atoms with E-state index in [0.717, 1.165) is 17.8 Å². The highest BCUT2D eigenvalue weighted by Crippen LogP contribution is 2.34. The van der Waals surface area contributed by atoms with Crippen LogP contribution in [-0.4, -0.2) is 30.8 Å². The maximum Gasteiger partial charge on any atom is 0.335 e. The molecule has 1 N–H and O–H groups in total. The van der Waals surface area contributed by atoms with Crippen molar-refractivity contribution in [2.24, 2.45) is 7.05 Å². The van der Waals surface area contributed by atoms with Gasteiger partial charge >= 0.3 is 5.97 Å². The maximum atomic E-state index is 11.0. The predicted octanol–water partition coefficient (Wildman–Crippen LogP) is 1.88. The predicted molar refractivity (Wildman–Crippen MR) is 69.9 cm³/mol. The quantitative estimate of drug-likeness (QED) is 0.676. The van der Waals surface area contributed by atoms with Gasteiger partial charge in [0.1, 0.15) is 5.82 Å². The van der Waals surface area contributed by atoms with E-state index in [0.29, 0.717) is 15.9 Å². The van der Waals surface area contributed by atoms with Crippen LogP contribution < -0.4 is 0 Å². The van der Waals surface area contributed by atoms with Crippen LogP contribution in [0.2, 0.25) is 0 Å². The molecule has 0 atom stereocenters. The summed E-state index contributed by atoms with van der Waals surface area (Å²) in [5, 5.41) is 28.2. The van der Waals surface area contributed by atoms with Gasteiger partial charge in [0.2, 0.25) is 0 Å². The van der Waals surface area contributed by atoms with Gasteiger partial charge in [-0.25, -0.2) is 4.79 Å². The molecule has 1 aromatic carbocycles. The standard InChI is InChI=1S/C11H10N4O4S/c1-6-12-13-11(14(6)2)20-9-4-3-7(10(16)17)5-8(9)15(18)19/h3-5H,1-2H3,(H,16,17). The molecule has 0 radical (unpaired) electrons. The molecule has 2 rings (SSSR count). The van der Waals surface area contributed by atoms with Gasteiger partial charge < -0.3 is 9.67 Å². The van der Waals surface area contributed by atoms with Crippen molar-refractivity contribution in [3.8, 4) is 0 Å². The Morgan fingerprint density at radius 3 is 2.65 bits per heavy atom. The number of aromatic nitrogens is 3. The van der Waals surface area contributed by atoms with Gasteiger partial charge in [0.05, 0.1) is 15.4 Å². The molecular formula is C11H10N4O4S. The molecule has 1 aromatic heterocycles. The summed E-state index contributed by atoms with van der Waals surface area (Å²) >= 11 is 1.07. The summed E-state index contributed by atoms with van der Waals surface area (Å²) < 4.78 is 1.69. The molecule has 0 aliphatic carbocycles. The Bertz CT molecular complexity index is 698. The maximum absolute atomic E-state index is 11.0. The van der Waals surface area contributed by atoms with Crippen LogP contribution in [0.25, 0.3) is 0 Å². The lowest BCUT2D eigenvalue weighted by Crippen LogP contribution is -2.00. The third-order valence-electron chi connectivity index (χ3n) is 2.66. The van der Waals surface area contributed by atoms with Gasteiger partial charge in [0.15, 0.2) is 5.16 Å². The van der Waals surface area contributed by atoms with E-state index in [-0.39, 0.29) is 11.3 Å². The van der Waals surface area contributed by atoms with E-state index in [1.165, 1.54) is 12.1 Å². The van der Waals surface area contributed by atoms with E-state index < -0.39 is 10.9 Å². The van der Waals surface area contributed by atoms with Crippen LogP contribution in [0.4, 0.5) is 5.69 Å². The fourth-order valence-electron chi connectivity index (χ4n) is 1.45. The molecule has 0 fully saturated rings. The molecule has 8 nitrogen and oxygen atoms in total. The lowest BCUT2D eigenvalue weighted by molar-refractivity contribution is -0.387. The molecule has 2 aromatic rings. The lowest BCUT2D eigenvalue weighted by Gasteiger charge is -2.04. The van der Waals surface area contributed by atoms with Crippen molar-refractivity contribution < 1.29 is 14.8 Å². The number of nitro benzene ring substituents is 1. The van der Waals surface area contributed by atoms with Crippen LogP contribution in [0.5, 0.6) is 0 Å². The molecule has 0 bridgehead atoms. The molecule has 0 amide bonds. The highest BCUT2D eigenvalue weighted by molar-refractivity contribution is 7.99. The van der Waals surface area contributed by atoms with Gasteiger partial charge in [-0.1, -0.05) is 0 Å². The van der Waals surface area contributed by atoms with Gasteiger partial charge in [0, 0.05) is 13.1 Å². The normalized spacial score (nSPS) is 10.5. The largest absolute Gasteiger partial charge is 0.478 e. The third kappa shape index (κ3) is 2.62. The van der Waals surface area contributed by atoms with Crippen LogP contribution in [0.1, 0.15) is 16.2 Å². The second-order valence-corrected chi connectivity index (χ2v) is 4.94.